The van der Waals surface area contributed by atoms with E-state index in [2.05, 4.69) is 37.0 Å². The van der Waals surface area contributed by atoms with E-state index in [9.17, 15) is 4.79 Å². The van der Waals surface area contributed by atoms with Gasteiger partial charge < -0.3 is 9.80 Å². The van der Waals surface area contributed by atoms with Crippen LogP contribution in [0.25, 0.3) is 5.82 Å². The summed E-state index contributed by atoms with van der Waals surface area (Å²) in [6.45, 7) is 5.39. The van der Waals surface area contributed by atoms with Crippen molar-refractivity contribution in [2.45, 2.75) is 51.9 Å². The lowest BCUT2D eigenvalue weighted by molar-refractivity contribution is -0.137. The highest BCUT2D eigenvalue weighted by Gasteiger charge is 2.31. The summed E-state index contributed by atoms with van der Waals surface area (Å²) >= 11 is 0. The molecule has 4 rings (SSSR count). The Morgan fingerprint density at radius 2 is 1.76 bits per heavy atom. The molecule has 2 aromatic heterocycles. The number of carbonyl (C=O) groups excluding carboxylic acids is 1. The largest absolute Gasteiger partial charge is 0.352 e. The molecule has 2 aliphatic rings. The fourth-order valence-electron chi connectivity index (χ4n) is 4.54. The van der Waals surface area contributed by atoms with Crippen LogP contribution in [-0.2, 0) is 4.79 Å². The van der Waals surface area contributed by atoms with Crippen LogP contribution in [0, 0.1) is 11.8 Å². The number of piperazine rings is 1. The number of aromatic nitrogens is 5. The number of amides is 1. The van der Waals surface area contributed by atoms with Crippen LogP contribution in [0.15, 0.2) is 24.8 Å². The van der Waals surface area contributed by atoms with Crippen molar-refractivity contribution in [3.63, 3.8) is 0 Å². The molecule has 2 aromatic rings. The molecule has 156 valence electrons. The number of nitrogens with zero attached hydrogens (tertiary/aromatic N) is 7. The van der Waals surface area contributed by atoms with E-state index >= 15 is 0 Å². The molecule has 1 aliphatic heterocycles. The van der Waals surface area contributed by atoms with E-state index < -0.39 is 0 Å². The quantitative estimate of drug-likeness (QED) is 0.746. The van der Waals surface area contributed by atoms with Gasteiger partial charge in [-0.15, -0.1) is 10.2 Å². The Balaban J connectivity index is 1.25. The topological polar surface area (TPSA) is 80.0 Å². The molecule has 1 saturated heterocycles. The van der Waals surface area contributed by atoms with Crippen LogP contribution in [0.1, 0.15) is 51.9 Å². The minimum Gasteiger partial charge on any atom is -0.352 e. The number of unbranched alkanes of at least 4 members (excludes halogenated alkanes) is 1. The maximum Gasteiger partial charge on any atom is 0.225 e. The molecular weight excluding hydrogens is 366 g/mol. The first-order chi connectivity index (χ1) is 14.2. The van der Waals surface area contributed by atoms with Gasteiger partial charge in [0.1, 0.15) is 12.7 Å². The first-order valence-electron chi connectivity index (χ1n) is 11.0. The van der Waals surface area contributed by atoms with Crippen LogP contribution in [0.4, 0.5) is 5.82 Å². The summed E-state index contributed by atoms with van der Waals surface area (Å²) in [5.41, 5.74) is 0. The maximum absolute atomic E-state index is 13.0. The van der Waals surface area contributed by atoms with E-state index in [0.717, 1.165) is 50.8 Å². The second-order valence-corrected chi connectivity index (χ2v) is 8.26. The number of hydrogen-bond donors (Lipinski definition) is 0. The first-order valence-corrected chi connectivity index (χ1v) is 11.0. The molecule has 0 bridgehead atoms. The van der Waals surface area contributed by atoms with Crippen molar-refractivity contribution < 1.29 is 4.79 Å². The molecule has 29 heavy (non-hydrogen) atoms. The second kappa shape index (κ2) is 9.33. The van der Waals surface area contributed by atoms with Gasteiger partial charge in [-0.2, -0.15) is 5.10 Å². The number of carbonyl (C=O) groups is 1. The van der Waals surface area contributed by atoms with Crippen LogP contribution in [0.2, 0.25) is 0 Å². The fourth-order valence-corrected chi connectivity index (χ4v) is 4.54. The van der Waals surface area contributed by atoms with Crippen molar-refractivity contribution in [2.75, 3.05) is 31.1 Å². The third-order valence-corrected chi connectivity index (χ3v) is 6.37. The van der Waals surface area contributed by atoms with Crippen LogP contribution in [0.5, 0.6) is 0 Å². The lowest BCUT2D eigenvalue weighted by Crippen LogP contribution is -2.51. The summed E-state index contributed by atoms with van der Waals surface area (Å²) < 4.78 is 1.59. The highest BCUT2D eigenvalue weighted by molar-refractivity contribution is 5.79. The predicted octanol–water partition coefficient (Wildman–Crippen LogP) is 2.70. The Morgan fingerprint density at radius 1 is 1.03 bits per heavy atom. The fraction of sp³-hybridized carbons (Fsp3) is 0.667. The molecule has 1 amide bonds. The molecule has 8 heteroatoms. The average Bonchev–Trinajstić information content (AvgIpc) is 3.33. The Hall–Kier alpha value is -2.51. The van der Waals surface area contributed by atoms with Crippen molar-refractivity contribution in [2.24, 2.45) is 11.8 Å². The van der Waals surface area contributed by atoms with Gasteiger partial charge >= 0.3 is 0 Å². The van der Waals surface area contributed by atoms with E-state index in [1.807, 2.05) is 12.1 Å². The van der Waals surface area contributed by atoms with Crippen molar-refractivity contribution in [3.8, 4) is 5.82 Å². The predicted molar refractivity (Wildman–Crippen MR) is 111 cm³/mol. The monoisotopic (exact) mass is 397 g/mol. The number of anilines is 1. The Kier molecular flexibility index (Phi) is 6.36. The van der Waals surface area contributed by atoms with Gasteiger partial charge in [0.05, 0.1) is 0 Å². The normalized spacial score (nSPS) is 22.7. The van der Waals surface area contributed by atoms with Gasteiger partial charge in [0.25, 0.3) is 0 Å². The maximum atomic E-state index is 13.0. The summed E-state index contributed by atoms with van der Waals surface area (Å²) in [4.78, 5) is 21.1. The minimum absolute atomic E-state index is 0.237. The van der Waals surface area contributed by atoms with E-state index in [1.165, 1.54) is 38.4 Å². The summed E-state index contributed by atoms with van der Waals surface area (Å²) in [6.07, 6.45) is 11.6. The second-order valence-electron chi connectivity index (χ2n) is 8.26. The van der Waals surface area contributed by atoms with E-state index in [4.69, 9.17) is 0 Å². The smallest absolute Gasteiger partial charge is 0.225 e. The zero-order valence-electron chi connectivity index (χ0n) is 17.3. The van der Waals surface area contributed by atoms with E-state index in [1.54, 1.807) is 11.0 Å². The molecule has 0 radical (unpaired) electrons. The molecule has 1 saturated carbocycles. The van der Waals surface area contributed by atoms with Gasteiger partial charge in [0.2, 0.25) is 5.91 Å². The van der Waals surface area contributed by atoms with Gasteiger partial charge in [-0.1, -0.05) is 26.2 Å². The van der Waals surface area contributed by atoms with Crippen LogP contribution in [-0.4, -0.2) is 61.9 Å². The van der Waals surface area contributed by atoms with Gasteiger partial charge in [-0.3, -0.25) is 4.79 Å². The summed E-state index contributed by atoms with van der Waals surface area (Å²) in [6, 6.07) is 3.85. The van der Waals surface area contributed by atoms with Crippen LogP contribution >= 0.6 is 0 Å². The van der Waals surface area contributed by atoms with Gasteiger partial charge in [-0.05, 0) is 43.7 Å². The third kappa shape index (κ3) is 4.74. The van der Waals surface area contributed by atoms with Crippen molar-refractivity contribution in [1.82, 2.24) is 29.9 Å². The van der Waals surface area contributed by atoms with Gasteiger partial charge in [-0.25, -0.2) is 9.67 Å². The number of hydrogen-bond acceptors (Lipinski definition) is 6. The molecule has 2 fully saturated rings. The number of rotatable bonds is 6. The van der Waals surface area contributed by atoms with Gasteiger partial charge in [0, 0.05) is 32.1 Å². The molecule has 0 aromatic carbocycles. The minimum atomic E-state index is 0.237. The van der Waals surface area contributed by atoms with Crippen molar-refractivity contribution in [1.29, 1.82) is 0 Å². The molecule has 0 atom stereocenters. The molecule has 8 nitrogen and oxygen atoms in total. The molecular formula is C21H31N7O. The first kappa shape index (κ1) is 19.8. The Morgan fingerprint density at radius 3 is 2.38 bits per heavy atom. The molecule has 3 heterocycles. The summed E-state index contributed by atoms with van der Waals surface area (Å²) in [7, 11) is 0. The highest BCUT2D eigenvalue weighted by atomic mass is 16.2. The van der Waals surface area contributed by atoms with E-state index in [-0.39, 0.29) is 5.92 Å². The van der Waals surface area contributed by atoms with Crippen molar-refractivity contribution in [3.05, 3.63) is 24.8 Å². The lowest BCUT2D eigenvalue weighted by Gasteiger charge is -2.38. The van der Waals surface area contributed by atoms with Crippen LogP contribution in [0.3, 0.4) is 0 Å². The third-order valence-electron chi connectivity index (χ3n) is 6.37. The molecule has 0 N–H and O–H groups in total. The Bertz CT molecular complexity index is 761. The Labute approximate surface area is 172 Å². The van der Waals surface area contributed by atoms with Crippen LogP contribution < -0.4 is 4.90 Å². The zero-order valence-corrected chi connectivity index (χ0v) is 17.3. The zero-order chi connectivity index (χ0) is 20.1. The molecule has 0 unspecified atom stereocenters. The molecule has 1 aliphatic carbocycles. The average molecular weight is 398 g/mol. The van der Waals surface area contributed by atoms with Crippen molar-refractivity contribution >= 4 is 11.7 Å². The van der Waals surface area contributed by atoms with E-state index in [0.29, 0.717) is 11.7 Å². The summed E-state index contributed by atoms with van der Waals surface area (Å²) in [5, 5.41) is 12.6. The highest BCUT2D eigenvalue weighted by Crippen LogP contribution is 2.33. The summed E-state index contributed by atoms with van der Waals surface area (Å²) in [5.74, 6) is 2.94. The lowest BCUT2D eigenvalue weighted by atomic mass is 9.79. The van der Waals surface area contributed by atoms with Gasteiger partial charge in [0.15, 0.2) is 11.6 Å². The molecule has 0 spiro atoms. The standard InChI is InChI=1S/C21H31N7O/c1-2-3-4-17-5-7-18(8-6-17)21(29)27-13-11-26(12-14-27)19-9-10-20(25-24-19)28-16-22-15-23-28/h9-10,15-18H,2-8,11-14H2,1H3. The SMILES string of the molecule is CCCCC1CCC(C(=O)N2CCN(c3ccc(-n4cncn4)nn3)CC2)CC1.